The summed E-state index contributed by atoms with van der Waals surface area (Å²) in [5.41, 5.74) is 0.0643. The number of amides is 1. The molecule has 21 heavy (non-hydrogen) atoms. The molecule has 0 aromatic heterocycles. The molecule has 0 aromatic carbocycles. The van der Waals surface area contributed by atoms with E-state index >= 15 is 0 Å². The number of rotatable bonds is 6. The first-order valence-electron chi connectivity index (χ1n) is 8.00. The number of hydrogen-bond acceptors (Lipinski definition) is 5. The summed E-state index contributed by atoms with van der Waals surface area (Å²) in [6, 6.07) is 0. The van der Waals surface area contributed by atoms with Crippen molar-refractivity contribution in [2.24, 2.45) is 5.41 Å². The molecular formula is C15H29N3O3. The minimum absolute atomic E-state index is 0.0159. The van der Waals surface area contributed by atoms with Crippen molar-refractivity contribution >= 4 is 5.91 Å². The van der Waals surface area contributed by atoms with Gasteiger partial charge in [0.05, 0.1) is 13.2 Å². The van der Waals surface area contributed by atoms with Crippen LogP contribution >= 0.6 is 0 Å². The SMILES string of the molecule is CCN1CCOC(C(=O)NCC2(COC)CCNCC2)C1. The Bertz CT molecular complexity index is 327. The molecule has 2 aliphatic rings. The smallest absolute Gasteiger partial charge is 0.250 e. The number of methoxy groups -OCH3 is 1. The van der Waals surface area contributed by atoms with E-state index in [1.54, 1.807) is 7.11 Å². The van der Waals surface area contributed by atoms with Crippen LogP contribution in [-0.2, 0) is 14.3 Å². The number of nitrogens with zero attached hydrogens (tertiary/aromatic N) is 1. The lowest BCUT2D eigenvalue weighted by molar-refractivity contribution is -0.139. The number of piperidine rings is 1. The Morgan fingerprint density at radius 1 is 1.48 bits per heavy atom. The van der Waals surface area contributed by atoms with Crippen LogP contribution < -0.4 is 10.6 Å². The summed E-state index contributed by atoms with van der Waals surface area (Å²) in [7, 11) is 1.73. The molecule has 2 fully saturated rings. The molecule has 0 bridgehead atoms. The Labute approximate surface area is 127 Å². The van der Waals surface area contributed by atoms with Gasteiger partial charge in [-0.05, 0) is 32.5 Å². The Morgan fingerprint density at radius 2 is 2.24 bits per heavy atom. The molecule has 1 unspecified atom stereocenters. The van der Waals surface area contributed by atoms with Crippen LogP contribution in [0.1, 0.15) is 19.8 Å². The van der Waals surface area contributed by atoms with Gasteiger partial charge >= 0.3 is 0 Å². The molecule has 0 aliphatic carbocycles. The minimum atomic E-state index is -0.333. The highest BCUT2D eigenvalue weighted by molar-refractivity contribution is 5.81. The first-order valence-corrected chi connectivity index (χ1v) is 8.00. The summed E-state index contributed by atoms with van der Waals surface area (Å²) in [5.74, 6) is 0.0159. The monoisotopic (exact) mass is 299 g/mol. The van der Waals surface area contributed by atoms with E-state index in [2.05, 4.69) is 22.5 Å². The van der Waals surface area contributed by atoms with E-state index in [-0.39, 0.29) is 17.4 Å². The van der Waals surface area contributed by atoms with Crippen molar-refractivity contribution in [2.75, 3.05) is 59.6 Å². The fourth-order valence-corrected chi connectivity index (χ4v) is 3.17. The Balaban J connectivity index is 1.83. The number of likely N-dealkylation sites (N-methyl/N-ethyl adjacent to an activating group) is 1. The highest BCUT2D eigenvalue weighted by Crippen LogP contribution is 2.28. The summed E-state index contributed by atoms with van der Waals surface area (Å²) in [4.78, 5) is 14.6. The summed E-state index contributed by atoms with van der Waals surface area (Å²) >= 11 is 0. The zero-order chi connectivity index (χ0) is 15.1. The minimum Gasteiger partial charge on any atom is -0.384 e. The fourth-order valence-electron chi connectivity index (χ4n) is 3.17. The van der Waals surface area contributed by atoms with E-state index < -0.39 is 0 Å². The van der Waals surface area contributed by atoms with Crippen LogP contribution in [0.3, 0.4) is 0 Å². The molecule has 2 N–H and O–H groups in total. The molecule has 2 saturated heterocycles. The molecule has 1 amide bonds. The van der Waals surface area contributed by atoms with Gasteiger partial charge in [0.1, 0.15) is 6.10 Å². The van der Waals surface area contributed by atoms with Crippen LogP contribution in [0.2, 0.25) is 0 Å². The third-order valence-corrected chi connectivity index (χ3v) is 4.64. The Kier molecular flexibility index (Phi) is 6.41. The number of carbonyl (C=O) groups excluding carboxylic acids is 1. The second-order valence-electron chi connectivity index (χ2n) is 6.15. The molecular weight excluding hydrogens is 270 g/mol. The van der Waals surface area contributed by atoms with Gasteiger partial charge in [0.25, 0.3) is 0 Å². The van der Waals surface area contributed by atoms with E-state index in [0.717, 1.165) is 39.0 Å². The van der Waals surface area contributed by atoms with Crippen LogP contribution in [0.4, 0.5) is 0 Å². The van der Waals surface area contributed by atoms with Crippen molar-refractivity contribution < 1.29 is 14.3 Å². The van der Waals surface area contributed by atoms with Crippen molar-refractivity contribution in [1.29, 1.82) is 0 Å². The van der Waals surface area contributed by atoms with Crippen LogP contribution in [0, 0.1) is 5.41 Å². The fraction of sp³-hybridized carbons (Fsp3) is 0.933. The number of morpholine rings is 1. The van der Waals surface area contributed by atoms with Crippen molar-refractivity contribution in [1.82, 2.24) is 15.5 Å². The van der Waals surface area contributed by atoms with E-state index in [1.165, 1.54) is 0 Å². The highest BCUT2D eigenvalue weighted by atomic mass is 16.5. The first-order chi connectivity index (χ1) is 10.2. The zero-order valence-corrected chi connectivity index (χ0v) is 13.3. The molecule has 6 heteroatoms. The van der Waals surface area contributed by atoms with Gasteiger partial charge in [0.15, 0.2) is 0 Å². The highest BCUT2D eigenvalue weighted by Gasteiger charge is 2.34. The molecule has 0 saturated carbocycles. The van der Waals surface area contributed by atoms with Gasteiger partial charge in [-0.2, -0.15) is 0 Å². The molecule has 0 aromatic rings. The predicted octanol–water partition coefficient (Wildman–Crippen LogP) is -0.160. The average Bonchev–Trinajstić information content (AvgIpc) is 2.54. The molecule has 0 spiro atoms. The molecule has 6 nitrogen and oxygen atoms in total. The van der Waals surface area contributed by atoms with Gasteiger partial charge in [-0.25, -0.2) is 0 Å². The van der Waals surface area contributed by atoms with Crippen LogP contribution in [0.25, 0.3) is 0 Å². The molecule has 0 radical (unpaired) electrons. The maximum Gasteiger partial charge on any atom is 0.250 e. The topological polar surface area (TPSA) is 62.8 Å². The second-order valence-corrected chi connectivity index (χ2v) is 6.15. The van der Waals surface area contributed by atoms with Crippen LogP contribution in [0.15, 0.2) is 0 Å². The van der Waals surface area contributed by atoms with E-state index in [9.17, 15) is 4.79 Å². The standard InChI is InChI=1S/C15H29N3O3/c1-3-18-8-9-21-13(10-18)14(19)17-11-15(12-20-2)4-6-16-7-5-15/h13,16H,3-12H2,1-2H3,(H,17,19). The van der Waals surface area contributed by atoms with Gasteiger partial charge in [-0.1, -0.05) is 6.92 Å². The van der Waals surface area contributed by atoms with Gasteiger partial charge in [-0.3, -0.25) is 9.69 Å². The summed E-state index contributed by atoms with van der Waals surface area (Å²) < 4.78 is 11.0. The number of ether oxygens (including phenoxy) is 2. The maximum atomic E-state index is 12.3. The van der Waals surface area contributed by atoms with E-state index in [1.807, 2.05) is 0 Å². The number of hydrogen-bond donors (Lipinski definition) is 2. The molecule has 2 aliphatic heterocycles. The summed E-state index contributed by atoms with van der Waals surface area (Å²) in [6.07, 6.45) is 1.74. The Morgan fingerprint density at radius 3 is 2.90 bits per heavy atom. The van der Waals surface area contributed by atoms with Crippen molar-refractivity contribution in [3.05, 3.63) is 0 Å². The van der Waals surface area contributed by atoms with Crippen molar-refractivity contribution in [2.45, 2.75) is 25.9 Å². The normalized spacial score (nSPS) is 26.5. The summed E-state index contributed by atoms with van der Waals surface area (Å²) in [6.45, 7) is 8.68. The van der Waals surface area contributed by atoms with Crippen molar-refractivity contribution in [3.63, 3.8) is 0 Å². The van der Waals surface area contributed by atoms with Gasteiger partial charge in [-0.15, -0.1) is 0 Å². The molecule has 2 rings (SSSR count). The van der Waals surface area contributed by atoms with Gasteiger partial charge in [0.2, 0.25) is 5.91 Å². The number of carbonyl (C=O) groups is 1. The van der Waals surface area contributed by atoms with Crippen molar-refractivity contribution in [3.8, 4) is 0 Å². The molecule has 1 atom stereocenters. The maximum absolute atomic E-state index is 12.3. The largest absolute Gasteiger partial charge is 0.384 e. The summed E-state index contributed by atoms with van der Waals surface area (Å²) in [5, 5.41) is 6.46. The van der Waals surface area contributed by atoms with Crippen LogP contribution in [0.5, 0.6) is 0 Å². The van der Waals surface area contributed by atoms with Crippen LogP contribution in [-0.4, -0.2) is 76.5 Å². The lowest BCUT2D eigenvalue weighted by atomic mass is 9.79. The predicted molar refractivity (Wildman–Crippen MR) is 81.3 cm³/mol. The first kappa shape index (κ1) is 16.7. The quantitative estimate of drug-likeness (QED) is 0.713. The number of nitrogens with one attached hydrogen (secondary N) is 2. The average molecular weight is 299 g/mol. The molecule has 2 heterocycles. The van der Waals surface area contributed by atoms with Gasteiger partial charge < -0.3 is 20.1 Å². The third-order valence-electron chi connectivity index (χ3n) is 4.64. The lowest BCUT2D eigenvalue weighted by Crippen LogP contribution is -2.53. The lowest BCUT2D eigenvalue weighted by Gasteiger charge is -2.38. The van der Waals surface area contributed by atoms with Gasteiger partial charge in [0, 0.05) is 32.2 Å². The van der Waals surface area contributed by atoms with E-state index in [0.29, 0.717) is 26.3 Å². The Hall–Kier alpha value is -0.690. The second kappa shape index (κ2) is 8.08. The zero-order valence-electron chi connectivity index (χ0n) is 13.3. The molecule has 122 valence electrons. The van der Waals surface area contributed by atoms with E-state index in [4.69, 9.17) is 9.47 Å². The third kappa shape index (κ3) is 4.64.